The molecule has 1 atom stereocenters. The maximum absolute atomic E-state index is 11.6. The lowest BCUT2D eigenvalue weighted by Gasteiger charge is -2.27. The summed E-state index contributed by atoms with van der Waals surface area (Å²) in [6.45, 7) is 0. The fraction of sp³-hybridized carbons (Fsp3) is 0.143. The van der Waals surface area contributed by atoms with Gasteiger partial charge in [0, 0.05) is 6.20 Å². The summed E-state index contributed by atoms with van der Waals surface area (Å²) in [4.78, 5) is 15.6. The van der Waals surface area contributed by atoms with Crippen molar-refractivity contribution in [2.45, 2.75) is 12.5 Å². The quantitative estimate of drug-likeness (QED) is 0.821. The Morgan fingerprint density at radius 3 is 2.86 bits per heavy atom. The maximum Gasteiger partial charge on any atom is 0.267 e. The minimum atomic E-state index is -0.787. The number of aromatic nitrogens is 1. The van der Waals surface area contributed by atoms with Crippen molar-refractivity contribution in [3.8, 4) is 11.6 Å². The second-order valence-corrected chi connectivity index (χ2v) is 5.64. The zero-order chi connectivity index (χ0) is 15.9. The van der Waals surface area contributed by atoms with E-state index in [0.717, 1.165) is 0 Å². The van der Waals surface area contributed by atoms with Crippen molar-refractivity contribution in [3.05, 3.63) is 46.1 Å². The molecule has 2 aromatic rings. The van der Waals surface area contributed by atoms with Gasteiger partial charge in [0.2, 0.25) is 5.88 Å². The van der Waals surface area contributed by atoms with Crippen LogP contribution < -0.4 is 15.5 Å². The lowest BCUT2D eigenvalue weighted by molar-refractivity contribution is -0.125. The first-order chi connectivity index (χ1) is 10.5. The highest BCUT2D eigenvalue weighted by molar-refractivity contribution is 6.35. The van der Waals surface area contributed by atoms with Gasteiger partial charge in [-0.2, -0.15) is 5.06 Å². The third-order valence-corrected chi connectivity index (χ3v) is 3.71. The standard InChI is InChI=1S/C14H11Cl2N3O3/c15-8-5-10(16)13(18-6-8)22-9-1-2-12-7(3-9)4-11(17)14(20)19(12)21/h1-3,5-6,11,21H,4,17H2. The molecule has 0 spiro atoms. The van der Waals surface area contributed by atoms with Crippen molar-refractivity contribution in [1.82, 2.24) is 4.98 Å². The van der Waals surface area contributed by atoms with Crippen LogP contribution in [-0.4, -0.2) is 22.1 Å². The fourth-order valence-electron chi connectivity index (χ4n) is 2.18. The Morgan fingerprint density at radius 2 is 2.14 bits per heavy atom. The van der Waals surface area contributed by atoms with Crippen LogP contribution >= 0.6 is 23.2 Å². The van der Waals surface area contributed by atoms with Crippen LogP contribution in [0.2, 0.25) is 10.0 Å². The first kappa shape index (κ1) is 15.1. The van der Waals surface area contributed by atoms with Crippen LogP contribution in [0.15, 0.2) is 30.5 Å². The molecule has 1 amide bonds. The van der Waals surface area contributed by atoms with Gasteiger partial charge in [0.1, 0.15) is 10.8 Å². The van der Waals surface area contributed by atoms with Gasteiger partial charge in [-0.15, -0.1) is 0 Å². The molecule has 6 nitrogen and oxygen atoms in total. The number of hydrogen-bond donors (Lipinski definition) is 2. The Kier molecular flexibility index (Phi) is 3.92. The van der Waals surface area contributed by atoms with Crippen molar-refractivity contribution < 1.29 is 14.7 Å². The summed E-state index contributed by atoms with van der Waals surface area (Å²) in [5.41, 5.74) is 6.76. The molecule has 22 heavy (non-hydrogen) atoms. The predicted octanol–water partition coefficient (Wildman–Crippen LogP) is 2.79. The van der Waals surface area contributed by atoms with Gasteiger partial charge in [0.05, 0.1) is 16.8 Å². The first-order valence-electron chi connectivity index (χ1n) is 6.36. The molecule has 0 fully saturated rings. The molecular weight excluding hydrogens is 329 g/mol. The summed E-state index contributed by atoms with van der Waals surface area (Å²) in [6.07, 6.45) is 1.73. The van der Waals surface area contributed by atoms with Crippen molar-refractivity contribution in [3.63, 3.8) is 0 Å². The monoisotopic (exact) mass is 339 g/mol. The normalized spacial score (nSPS) is 17.4. The van der Waals surface area contributed by atoms with Crippen molar-refractivity contribution >= 4 is 34.8 Å². The molecule has 114 valence electrons. The molecule has 0 bridgehead atoms. The molecule has 0 aliphatic carbocycles. The highest BCUT2D eigenvalue weighted by atomic mass is 35.5. The Balaban J connectivity index is 1.91. The van der Waals surface area contributed by atoms with E-state index < -0.39 is 11.9 Å². The molecule has 1 aromatic carbocycles. The van der Waals surface area contributed by atoms with Crippen molar-refractivity contribution in [1.29, 1.82) is 0 Å². The number of benzene rings is 1. The van der Waals surface area contributed by atoms with E-state index in [0.29, 0.717) is 33.5 Å². The van der Waals surface area contributed by atoms with Gasteiger partial charge < -0.3 is 10.5 Å². The maximum atomic E-state index is 11.6. The molecule has 2 heterocycles. The van der Waals surface area contributed by atoms with Gasteiger partial charge in [-0.25, -0.2) is 4.98 Å². The Labute approximate surface area is 136 Å². The van der Waals surface area contributed by atoms with Crippen LogP contribution in [0, 0.1) is 0 Å². The minimum absolute atomic E-state index is 0.211. The summed E-state index contributed by atoms with van der Waals surface area (Å²) in [5.74, 6) is 0.136. The van der Waals surface area contributed by atoms with Crippen molar-refractivity contribution in [2.75, 3.05) is 5.06 Å². The zero-order valence-corrected chi connectivity index (χ0v) is 12.7. The summed E-state index contributed by atoms with van der Waals surface area (Å²) >= 11 is 11.8. The number of hydroxylamine groups is 1. The number of ether oxygens (including phenoxy) is 1. The van der Waals surface area contributed by atoms with E-state index in [-0.39, 0.29) is 10.9 Å². The van der Waals surface area contributed by atoms with Gasteiger partial charge in [0.15, 0.2) is 0 Å². The number of amides is 1. The van der Waals surface area contributed by atoms with Gasteiger partial charge in [0.25, 0.3) is 5.91 Å². The van der Waals surface area contributed by atoms with Crippen LogP contribution in [0.4, 0.5) is 5.69 Å². The van der Waals surface area contributed by atoms with E-state index in [1.165, 1.54) is 12.3 Å². The number of hydrogen-bond acceptors (Lipinski definition) is 5. The van der Waals surface area contributed by atoms with Gasteiger partial charge in [-0.05, 0) is 36.2 Å². The molecule has 3 rings (SSSR count). The molecule has 0 saturated heterocycles. The highest BCUT2D eigenvalue weighted by Crippen LogP contribution is 2.33. The zero-order valence-electron chi connectivity index (χ0n) is 11.2. The molecule has 8 heteroatoms. The largest absolute Gasteiger partial charge is 0.438 e. The van der Waals surface area contributed by atoms with Crippen molar-refractivity contribution in [2.24, 2.45) is 5.73 Å². The number of fused-ring (bicyclic) bond motifs is 1. The predicted molar refractivity (Wildman–Crippen MR) is 81.7 cm³/mol. The third kappa shape index (κ3) is 2.74. The van der Waals surface area contributed by atoms with Crippen LogP contribution in [0.5, 0.6) is 11.6 Å². The van der Waals surface area contributed by atoms with Gasteiger partial charge >= 0.3 is 0 Å². The molecule has 3 N–H and O–H groups in total. The number of nitrogens with two attached hydrogens (primary N) is 1. The molecule has 1 aliphatic heterocycles. The van der Waals surface area contributed by atoms with E-state index in [1.54, 1.807) is 18.2 Å². The summed E-state index contributed by atoms with van der Waals surface area (Å²) in [6, 6.07) is 5.58. The Bertz CT molecular complexity index is 754. The minimum Gasteiger partial charge on any atom is -0.438 e. The van der Waals surface area contributed by atoms with Crippen LogP contribution in [0.25, 0.3) is 0 Å². The molecular formula is C14H11Cl2N3O3. The van der Waals surface area contributed by atoms with Gasteiger partial charge in [-0.3, -0.25) is 10.0 Å². The van der Waals surface area contributed by atoms with E-state index in [1.807, 2.05) is 0 Å². The lowest BCUT2D eigenvalue weighted by Crippen LogP contribution is -2.47. The van der Waals surface area contributed by atoms with Crippen LogP contribution in [-0.2, 0) is 11.2 Å². The summed E-state index contributed by atoms with van der Waals surface area (Å²) < 4.78 is 5.60. The summed E-state index contributed by atoms with van der Waals surface area (Å²) in [5, 5.41) is 11.0. The lowest BCUT2D eigenvalue weighted by atomic mass is 9.99. The van der Waals surface area contributed by atoms with Crippen LogP contribution in [0.3, 0.4) is 0 Å². The topological polar surface area (TPSA) is 88.7 Å². The third-order valence-electron chi connectivity index (χ3n) is 3.23. The number of carbonyl (C=O) groups excluding carboxylic acids is 1. The smallest absolute Gasteiger partial charge is 0.267 e. The molecule has 1 aliphatic rings. The summed E-state index contributed by atoms with van der Waals surface area (Å²) in [7, 11) is 0. The molecule has 1 unspecified atom stereocenters. The average Bonchev–Trinajstić information content (AvgIpc) is 2.48. The van der Waals surface area contributed by atoms with Crippen LogP contribution in [0.1, 0.15) is 5.56 Å². The number of pyridine rings is 1. The fourth-order valence-corrected chi connectivity index (χ4v) is 2.60. The average molecular weight is 340 g/mol. The van der Waals surface area contributed by atoms with E-state index in [2.05, 4.69) is 4.98 Å². The molecule has 1 aromatic heterocycles. The number of anilines is 1. The van der Waals surface area contributed by atoms with E-state index in [4.69, 9.17) is 33.7 Å². The number of halogens is 2. The Morgan fingerprint density at radius 1 is 1.36 bits per heavy atom. The highest BCUT2D eigenvalue weighted by Gasteiger charge is 2.29. The SMILES string of the molecule is NC1Cc2cc(Oc3ncc(Cl)cc3Cl)ccc2N(O)C1=O. The van der Waals surface area contributed by atoms with E-state index in [9.17, 15) is 10.0 Å². The van der Waals surface area contributed by atoms with Gasteiger partial charge in [-0.1, -0.05) is 23.2 Å². The number of rotatable bonds is 2. The number of nitrogens with zero attached hydrogens (tertiary/aromatic N) is 2. The first-order valence-corrected chi connectivity index (χ1v) is 7.11. The molecule has 0 radical (unpaired) electrons. The molecule has 0 saturated carbocycles. The second-order valence-electron chi connectivity index (χ2n) is 4.79. The second kappa shape index (κ2) is 5.73. The van der Waals surface area contributed by atoms with E-state index >= 15 is 0 Å². The number of carbonyl (C=O) groups is 1. The Hall–Kier alpha value is -1.86.